The highest BCUT2D eigenvalue weighted by Gasteiger charge is 2.44. The smallest absolute Gasteiger partial charge is 0.416 e. The molecule has 1 unspecified atom stereocenters. The van der Waals surface area contributed by atoms with Crippen LogP contribution in [0.3, 0.4) is 0 Å². The Morgan fingerprint density at radius 3 is 2.47 bits per heavy atom. The number of hydrogen-bond donors (Lipinski definition) is 1. The number of piperidine rings is 1. The summed E-state index contributed by atoms with van der Waals surface area (Å²) in [6.07, 6.45) is -1.14. The van der Waals surface area contributed by atoms with E-state index in [1.807, 2.05) is 6.07 Å². The van der Waals surface area contributed by atoms with Crippen LogP contribution in [0.5, 0.6) is 11.5 Å². The zero-order valence-corrected chi connectivity index (χ0v) is 17.5. The molecule has 1 aliphatic carbocycles. The average Bonchev–Trinajstić information content (AvgIpc) is 2.99. The Labute approximate surface area is 184 Å². The predicted molar refractivity (Wildman–Crippen MR) is 112 cm³/mol. The van der Waals surface area contributed by atoms with Gasteiger partial charge in [0.2, 0.25) is 0 Å². The van der Waals surface area contributed by atoms with Crippen LogP contribution in [-0.2, 0) is 6.18 Å². The number of allylic oxidation sites excluding steroid dienone is 1. The highest BCUT2D eigenvalue weighted by atomic mass is 19.4. The first-order valence-electron chi connectivity index (χ1n) is 10.3. The van der Waals surface area contributed by atoms with E-state index in [9.17, 15) is 13.2 Å². The fourth-order valence-electron chi connectivity index (χ4n) is 4.34. The molecule has 0 spiro atoms. The van der Waals surface area contributed by atoms with Gasteiger partial charge in [-0.2, -0.15) is 18.4 Å². The van der Waals surface area contributed by atoms with Crippen molar-refractivity contribution in [2.75, 3.05) is 18.0 Å². The molecule has 1 aliphatic heterocycles. The molecule has 1 saturated carbocycles. The van der Waals surface area contributed by atoms with Crippen LogP contribution in [0.2, 0.25) is 0 Å². The summed E-state index contributed by atoms with van der Waals surface area (Å²) < 4.78 is 45.8. The normalized spacial score (nSPS) is 22.2. The molecule has 1 aromatic heterocycles. The topological polar surface area (TPSA) is 70.4 Å². The van der Waals surface area contributed by atoms with Crippen LogP contribution in [0.15, 0.2) is 48.8 Å². The number of nitrogens with one attached hydrogen (secondary N) is 1. The van der Waals surface area contributed by atoms with Crippen LogP contribution < -0.4 is 20.0 Å². The Kier molecular flexibility index (Phi) is 5.87. The van der Waals surface area contributed by atoms with Gasteiger partial charge in [0.1, 0.15) is 18.0 Å². The van der Waals surface area contributed by atoms with E-state index >= 15 is 0 Å². The standard InChI is InChI=1S/C23H23F3N4O2/c1-14(2)29-32-20-9-18(23(24,25)26)6-7-19(20)31-22-16-4-5-17(22)13-30(12-16)21-8-3-15(10-27)11-28-21/h3,6-9,11,16-17,22,29H,1,4-5,12-13H2,2H3/t16-,17+,22?. The second-order valence-corrected chi connectivity index (χ2v) is 8.25. The molecule has 0 amide bonds. The van der Waals surface area contributed by atoms with E-state index in [0.717, 1.165) is 43.9 Å². The number of pyridine rings is 1. The summed E-state index contributed by atoms with van der Waals surface area (Å²) >= 11 is 0. The number of nitrogens with zero attached hydrogens (tertiary/aromatic N) is 3. The lowest BCUT2D eigenvalue weighted by molar-refractivity contribution is -0.137. The van der Waals surface area contributed by atoms with Crippen LogP contribution in [0.25, 0.3) is 0 Å². The van der Waals surface area contributed by atoms with Gasteiger partial charge < -0.3 is 14.5 Å². The largest absolute Gasteiger partial charge is 0.486 e. The van der Waals surface area contributed by atoms with E-state index in [0.29, 0.717) is 11.3 Å². The van der Waals surface area contributed by atoms with Gasteiger partial charge in [0.15, 0.2) is 11.5 Å². The van der Waals surface area contributed by atoms with Crippen LogP contribution in [0.4, 0.5) is 19.0 Å². The van der Waals surface area contributed by atoms with Crippen molar-refractivity contribution >= 4 is 5.82 Å². The van der Waals surface area contributed by atoms with Gasteiger partial charge in [0.05, 0.1) is 11.1 Å². The third-order valence-electron chi connectivity index (χ3n) is 5.82. The number of anilines is 1. The van der Waals surface area contributed by atoms with Crippen molar-refractivity contribution in [1.29, 1.82) is 5.26 Å². The van der Waals surface area contributed by atoms with Gasteiger partial charge in [-0.25, -0.2) is 10.5 Å². The molecule has 3 atom stereocenters. The van der Waals surface area contributed by atoms with Crippen molar-refractivity contribution in [2.45, 2.75) is 32.0 Å². The zero-order valence-electron chi connectivity index (χ0n) is 17.5. The van der Waals surface area contributed by atoms with E-state index < -0.39 is 11.7 Å². The Hall–Kier alpha value is -3.41. The van der Waals surface area contributed by atoms with Crippen LogP contribution >= 0.6 is 0 Å². The lowest BCUT2D eigenvalue weighted by atomic mass is 9.94. The minimum absolute atomic E-state index is 0.0292. The van der Waals surface area contributed by atoms with Gasteiger partial charge in [-0.05, 0) is 50.1 Å². The second kappa shape index (κ2) is 8.61. The van der Waals surface area contributed by atoms with Gasteiger partial charge in [-0.15, -0.1) is 0 Å². The number of rotatable bonds is 6. The summed E-state index contributed by atoms with van der Waals surface area (Å²) in [5, 5.41) is 8.96. The molecule has 168 valence electrons. The van der Waals surface area contributed by atoms with E-state index in [1.165, 1.54) is 6.07 Å². The molecule has 4 rings (SSSR count). The molecule has 9 heteroatoms. The summed E-state index contributed by atoms with van der Waals surface area (Å²) in [6.45, 7) is 6.73. The van der Waals surface area contributed by atoms with Crippen molar-refractivity contribution < 1.29 is 22.7 Å². The van der Waals surface area contributed by atoms with Gasteiger partial charge in [0, 0.05) is 36.8 Å². The van der Waals surface area contributed by atoms with Gasteiger partial charge >= 0.3 is 6.18 Å². The van der Waals surface area contributed by atoms with Gasteiger partial charge in [0.25, 0.3) is 0 Å². The predicted octanol–water partition coefficient (Wildman–Crippen LogP) is 4.68. The maximum absolute atomic E-state index is 13.2. The summed E-state index contributed by atoms with van der Waals surface area (Å²) in [4.78, 5) is 11.9. The number of ether oxygens (including phenoxy) is 1. The minimum atomic E-state index is -4.49. The summed E-state index contributed by atoms with van der Waals surface area (Å²) in [5.41, 5.74) is 2.66. The highest BCUT2D eigenvalue weighted by molar-refractivity contribution is 5.45. The zero-order chi connectivity index (χ0) is 22.9. The molecule has 2 bridgehead atoms. The molecular weight excluding hydrogens is 421 g/mol. The molecule has 2 aliphatic rings. The Bertz CT molecular complexity index is 1020. The van der Waals surface area contributed by atoms with Crippen molar-refractivity contribution in [3.8, 4) is 17.6 Å². The Morgan fingerprint density at radius 1 is 1.19 bits per heavy atom. The maximum atomic E-state index is 13.2. The third kappa shape index (κ3) is 4.59. The lowest BCUT2D eigenvalue weighted by Crippen LogP contribution is -2.47. The first kappa shape index (κ1) is 21.8. The number of aromatic nitrogens is 1. The fraction of sp³-hybridized carbons (Fsp3) is 0.391. The average molecular weight is 444 g/mol. The molecule has 0 radical (unpaired) electrons. The van der Waals surface area contributed by atoms with Crippen molar-refractivity contribution in [3.63, 3.8) is 0 Å². The quantitative estimate of drug-likeness (QED) is 0.653. The molecule has 2 fully saturated rings. The number of benzene rings is 1. The van der Waals surface area contributed by atoms with Crippen LogP contribution in [0, 0.1) is 23.2 Å². The van der Waals surface area contributed by atoms with Crippen molar-refractivity contribution in [3.05, 3.63) is 59.9 Å². The molecule has 32 heavy (non-hydrogen) atoms. The monoisotopic (exact) mass is 444 g/mol. The Balaban J connectivity index is 1.52. The van der Waals surface area contributed by atoms with E-state index in [4.69, 9.17) is 14.8 Å². The molecule has 1 N–H and O–H groups in total. The number of nitriles is 1. The number of hydrogen-bond acceptors (Lipinski definition) is 6. The summed E-state index contributed by atoms with van der Waals surface area (Å²) in [6, 6.07) is 8.89. The molecule has 2 heterocycles. The molecule has 1 saturated heterocycles. The fourth-order valence-corrected chi connectivity index (χ4v) is 4.34. The van der Waals surface area contributed by atoms with E-state index in [1.54, 1.807) is 19.2 Å². The number of fused-ring (bicyclic) bond motifs is 2. The number of alkyl halides is 3. The lowest BCUT2D eigenvalue weighted by Gasteiger charge is -2.38. The third-order valence-corrected chi connectivity index (χ3v) is 5.82. The SMILES string of the molecule is C=C(C)NOc1cc(C(F)(F)F)ccc1OC1[C@@H]2CC[C@H]1CN(c1ccc(C#N)cn1)C2. The van der Waals surface area contributed by atoms with E-state index in [2.05, 4.69) is 28.0 Å². The Morgan fingerprint density at radius 2 is 1.91 bits per heavy atom. The van der Waals surface area contributed by atoms with Gasteiger partial charge in [-0.1, -0.05) is 6.58 Å². The van der Waals surface area contributed by atoms with Gasteiger partial charge in [-0.3, -0.25) is 0 Å². The van der Waals surface area contributed by atoms with Crippen molar-refractivity contribution in [2.24, 2.45) is 11.8 Å². The number of hydroxylamine groups is 1. The first-order valence-corrected chi connectivity index (χ1v) is 10.3. The van der Waals surface area contributed by atoms with Crippen LogP contribution in [0.1, 0.15) is 30.9 Å². The second-order valence-electron chi connectivity index (χ2n) is 8.25. The maximum Gasteiger partial charge on any atom is 0.416 e. The van der Waals surface area contributed by atoms with E-state index in [-0.39, 0.29) is 29.4 Å². The molecule has 2 aromatic rings. The summed E-state index contributed by atoms with van der Waals surface area (Å²) in [5.74, 6) is 1.45. The highest BCUT2D eigenvalue weighted by Crippen LogP contribution is 2.43. The summed E-state index contributed by atoms with van der Waals surface area (Å²) in [7, 11) is 0. The first-order chi connectivity index (χ1) is 15.2. The number of halogens is 3. The minimum Gasteiger partial charge on any atom is -0.486 e. The molecule has 6 nitrogen and oxygen atoms in total. The molecule has 1 aromatic carbocycles. The van der Waals surface area contributed by atoms with Crippen LogP contribution in [-0.4, -0.2) is 24.2 Å². The van der Waals surface area contributed by atoms with Crippen molar-refractivity contribution in [1.82, 2.24) is 10.5 Å². The molecular formula is C23H23F3N4O2.